The van der Waals surface area contributed by atoms with Crippen molar-refractivity contribution in [3.05, 3.63) is 17.1 Å². The van der Waals surface area contributed by atoms with Gasteiger partial charge in [-0.3, -0.25) is 0 Å². The minimum Gasteiger partial charge on any atom is -0.388 e. The van der Waals surface area contributed by atoms with Crippen molar-refractivity contribution in [2.75, 3.05) is 11.5 Å². The molecule has 2 rings (SSSR count). The smallest absolute Gasteiger partial charge is 0.150 e. The van der Waals surface area contributed by atoms with E-state index in [1.54, 1.807) is 11.6 Å². The summed E-state index contributed by atoms with van der Waals surface area (Å²) in [6.07, 6.45) is 1.48. The van der Waals surface area contributed by atoms with Gasteiger partial charge in [0.15, 0.2) is 9.84 Å². The van der Waals surface area contributed by atoms with Crippen LogP contribution < -0.4 is 0 Å². The molecule has 0 spiro atoms. The lowest BCUT2D eigenvalue weighted by Crippen LogP contribution is -2.13. The van der Waals surface area contributed by atoms with Gasteiger partial charge in [-0.25, -0.2) is 12.8 Å². The number of hydrogen-bond donors (Lipinski definition) is 1. The number of rotatable bonds is 2. The van der Waals surface area contributed by atoms with Gasteiger partial charge in [0.2, 0.25) is 0 Å². The zero-order valence-electron chi connectivity index (χ0n) is 7.46. The Balaban J connectivity index is 2.11. The summed E-state index contributed by atoms with van der Waals surface area (Å²) in [4.78, 5) is 0. The number of aliphatic hydroxyl groups is 1. The van der Waals surface area contributed by atoms with E-state index in [1.165, 1.54) is 11.5 Å². The van der Waals surface area contributed by atoms with E-state index in [0.29, 0.717) is 6.42 Å². The fourth-order valence-electron chi connectivity index (χ4n) is 1.70. The van der Waals surface area contributed by atoms with Crippen LogP contribution in [-0.4, -0.2) is 29.4 Å². The molecule has 0 aliphatic carbocycles. The van der Waals surface area contributed by atoms with Crippen LogP contribution in [0.15, 0.2) is 11.6 Å². The molecule has 4 nitrogen and oxygen atoms in total. The lowest BCUT2D eigenvalue weighted by Gasteiger charge is -2.14. The maximum Gasteiger partial charge on any atom is 0.150 e. The van der Waals surface area contributed by atoms with Crippen molar-refractivity contribution in [3.8, 4) is 0 Å². The molecule has 0 bridgehead atoms. The van der Waals surface area contributed by atoms with E-state index in [2.05, 4.69) is 4.37 Å². The highest BCUT2D eigenvalue weighted by atomic mass is 32.2. The van der Waals surface area contributed by atoms with Gasteiger partial charge in [-0.2, -0.15) is 0 Å². The quantitative estimate of drug-likeness (QED) is 0.812. The molecule has 0 aromatic carbocycles. The molecule has 1 aromatic heterocycles. The van der Waals surface area contributed by atoms with Gasteiger partial charge in [0.1, 0.15) is 0 Å². The van der Waals surface area contributed by atoms with Crippen molar-refractivity contribution >= 4 is 21.4 Å². The van der Waals surface area contributed by atoms with Crippen LogP contribution in [0.4, 0.5) is 0 Å². The van der Waals surface area contributed by atoms with Crippen LogP contribution in [0, 0.1) is 5.92 Å². The predicted octanol–water partition coefficient (Wildman–Crippen LogP) is 0.611. The van der Waals surface area contributed by atoms with Gasteiger partial charge in [0, 0.05) is 23.1 Å². The van der Waals surface area contributed by atoms with E-state index in [4.69, 9.17) is 0 Å². The van der Waals surface area contributed by atoms with Gasteiger partial charge in [0.25, 0.3) is 0 Å². The van der Waals surface area contributed by atoms with E-state index < -0.39 is 15.9 Å². The van der Waals surface area contributed by atoms with Crippen LogP contribution in [0.25, 0.3) is 0 Å². The first kappa shape index (κ1) is 10.1. The van der Waals surface area contributed by atoms with Gasteiger partial charge in [0.05, 0.1) is 17.6 Å². The summed E-state index contributed by atoms with van der Waals surface area (Å²) >= 11 is 1.27. The maximum atomic E-state index is 11.2. The van der Waals surface area contributed by atoms with Crippen LogP contribution in [0.5, 0.6) is 0 Å². The molecule has 1 aliphatic rings. The van der Waals surface area contributed by atoms with Crippen LogP contribution in [-0.2, 0) is 9.84 Å². The van der Waals surface area contributed by atoms with Crippen LogP contribution in [0.3, 0.4) is 0 Å². The average Bonchev–Trinajstić information content (AvgIpc) is 2.72. The molecular weight excluding hydrogens is 222 g/mol. The van der Waals surface area contributed by atoms with E-state index >= 15 is 0 Å². The highest BCUT2D eigenvalue weighted by Gasteiger charge is 2.33. The molecule has 2 atom stereocenters. The largest absolute Gasteiger partial charge is 0.388 e. The molecule has 1 saturated heterocycles. The minimum atomic E-state index is -2.91. The molecule has 1 aliphatic heterocycles. The molecule has 1 fully saturated rings. The molecular formula is C8H11NO3S2. The number of aromatic nitrogens is 1. The van der Waals surface area contributed by atoms with Gasteiger partial charge >= 0.3 is 0 Å². The molecule has 2 unspecified atom stereocenters. The van der Waals surface area contributed by atoms with Gasteiger partial charge < -0.3 is 5.11 Å². The summed E-state index contributed by atoms with van der Waals surface area (Å²) in [6.45, 7) is 0. The summed E-state index contributed by atoms with van der Waals surface area (Å²) in [7, 11) is -2.91. The third-order valence-electron chi connectivity index (χ3n) is 2.51. The summed E-state index contributed by atoms with van der Waals surface area (Å²) in [5.41, 5.74) is 0.733. The van der Waals surface area contributed by atoms with Crippen molar-refractivity contribution in [2.45, 2.75) is 12.5 Å². The van der Waals surface area contributed by atoms with Crippen LogP contribution >= 0.6 is 11.5 Å². The lowest BCUT2D eigenvalue weighted by atomic mass is 9.98. The van der Waals surface area contributed by atoms with E-state index in [-0.39, 0.29) is 17.4 Å². The second-order valence-corrected chi connectivity index (χ2v) is 6.45. The molecule has 78 valence electrons. The fraction of sp³-hybridized carbons (Fsp3) is 0.625. The fourth-order valence-corrected chi connectivity index (χ4v) is 4.10. The topological polar surface area (TPSA) is 67.3 Å². The number of sulfone groups is 1. The third kappa shape index (κ3) is 1.97. The number of nitrogens with zero attached hydrogens (tertiary/aromatic N) is 1. The van der Waals surface area contributed by atoms with Crippen molar-refractivity contribution in [1.29, 1.82) is 0 Å². The highest BCUT2D eigenvalue weighted by Crippen LogP contribution is 2.31. The number of hydrogen-bond acceptors (Lipinski definition) is 5. The van der Waals surface area contributed by atoms with Crippen LogP contribution in [0.2, 0.25) is 0 Å². The molecule has 2 heterocycles. The molecule has 1 aromatic rings. The predicted molar refractivity (Wildman–Crippen MR) is 53.8 cm³/mol. The minimum absolute atomic E-state index is 0.101. The van der Waals surface area contributed by atoms with Crippen molar-refractivity contribution in [3.63, 3.8) is 0 Å². The standard InChI is InChI=1S/C8H11NO3S2/c10-8(7-3-9-13-4-7)6-1-2-14(11,12)5-6/h3-4,6,8,10H,1-2,5H2. The highest BCUT2D eigenvalue weighted by molar-refractivity contribution is 7.91. The Morgan fingerprint density at radius 1 is 1.64 bits per heavy atom. The first-order chi connectivity index (χ1) is 6.58. The second-order valence-electron chi connectivity index (χ2n) is 3.57. The molecule has 14 heavy (non-hydrogen) atoms. The summed E-state index contributed by atoms with van der Waals surface area (Å²) < 4.78 is 26.3. The van der Waals surface area contributed by atoms with E-state index in [1.807, 2.05) is 0 Å². The molecule has 0 amide bonds. The molecule has 0 radical (unpaired) electrons. The van der Waals surface area contributed by atoms with E-state index in [0.717, 1.165) is 5.56 Å². The normalized spacial score (nSPS) is 27.6. The average molecular weight is 233 g/mol. The third-order valence-corrected chi connectivity index (χ3v) is 4.91. The Kier molecular flexibility index (Phi) is 2.59. The number of aliphatic hydroxyl groups excluding tert-OH is 1. The second kappa shape index (κ2) is 3.60. The van der Waals surface area contributed by atoms with Crippen molar-refractivity contribution in [1.82, 2.24) is 4.37 Å². The zero-order valence-corrected chi connectivity index (χ0v) is 9.09. The first-order valence-electron chi connectivity index (χ1n) is 4.36. The Morgan fingerprint density at radius 3 is 2.93 bits per heavy atom. The Morgan fingerprint density at radius 2 is 2.43 bits per heavy atom. The van der Waals surface area contributed by atoms with Crippen LogP contribution in [0.1, 0.15) is 18.1 Å². The van der Waals surface area contributed by atoms with Crippen molar-refractivity contribution in [2.24, 2.45) is 5.92 Å². The molecule has 0 saturated carbocycles. The molecule has 6 heteroatoms. The van der Waals surface area contributed by atoms with E-state index in [9.17, 15) is 13.5 Å². The summed E-state index contributed by atoms with van der Waals surface area (Å²) in [5.74, 6) is 0.146. The Labute approximate surface area is 86.7 Å². The zero-order chi connectivity index (χ0) is 10.2. The first-order valence-corrected chi connectivity index (χ1v) is 7.02. The lowest BCUT2D eigenvalue weighted by molar-refractivity contribution is 0.121. The SMILES string of the molecule is O=S1(=O)CCC(C(O)c2cnsc2)C1. The Hall–Kier alpha value is -0.460. The summed E-state index contributed by atoms with van der Waals surface area (Å²) in [6, 6.07) is 0. The van der Waals surface area contributed by atoms with Gasteiger partial charge in [-0.05, 0) is 18.0 Å². The van der Waals surface area contributed by atoms with Gasteiger partial charge in [-0.1, -0.05) is 0 Å². The van der Waals surface area contributed by atoms with Crippen molar-refractivity contribution < 1.29 is 13.5 Å². The summed E-state index contributed by atoms with van der Waals surface area (Å²) in [5, 5.41) is 11.6. The van der Waals surface area contributed by atoms with Gasteiger partial charge in [-0.15, -0.1) is 0 Å². The maximum absolute atomic E-state index is 11.2. The molecule has 1 N–H and O–H groups in total. The Bertz CT molecular complexity index is 398. The monoisotopic (exact) mass is 233 g/mol.